The summed E-state index contributed by atoms with van der Waals surface area (Å²) in [4.78, 5) is 28.5. The standard InChI is InChI=1S/C20H21N5O2/c1-27-16-7-5-15(6-8-16)17-14-19(26)23-20(22-17)25-12-10-24(11-13-25)18-4-2-3-9-21-18/h2-9,14H,10-13H2,1H3,(H,22,23,26). The van der Waals surface area contributed by atoms with E-state index >= 15 is 0 Å². The van der Waals surface area contributed by atoms with Crippen molar-refractivity contribution in [3.63, 3.8) is 0 Å². The highest BCUT2D eigenvalue weighted by molar-refractivity contribution is 5.61. The predicted octanol–water partition coefficient (Wildman–Crippen LogP) is 2.17. The van der Waals surface area contributed by atoms with E-state index < -0.39 is 0 Å². The van der Waals surface area contributed by atoms with Crippen LogP contribution in [-0.2, 0) is 0 Å². The topological polar surface area (TPSA) is 74.4 Å². The lowest BCUT2D eigenvalue weighted by atomic mass is 10.1. The van der Waals surface area contributed by atoms with Gasteiger partial charge in [-0.05, 0) is 36.4 Å². The third kappa shape index (κ3) is 3.76. The van der Waals surface area contributed by atoms with Gasteiger partial charge in [-0.2, -0.15) is 0 Å². The molecule has 0 saturated carbocycles. The molecule has 3 heterocycles. The maximum absolute atomic E-state index is 12.2. The predicted molar refractivity (Wildman–Crippen MR) is 106 cm³/mol. The Morgan fingerprint density at radius 1 is 1.00 bits per heavy atom. The van der Waals surface area contributed by atoms with Gasteiger partial charge in [0.15, 0.2) is 0 Å². The van der Waals surface area contributed by atoms with Crippen LogP contribution in [-0.4, -0.2) is 48.2 Å². The number of nitrogens with zero attached hydrogens (tertiary/aromatic N) is 4. The Bertz CT molecular complexity index is 948. The molecule has 2 aromatic heterocycles. The van der Waals surface area contributed by atoms with Crippen molar-refractivity contribution in [1.82, 2.24) is 15.0 Å². The molecule has 0 atom stereocenters. The number of rotatable bonds is 4. The van der Waals surface area contributed by atoms with Crippen LogP contribution in [0.15, 0.2) is 59.5 Å². The number of H-pyrrole nitrogens is 1. The third-order valence-corrected chi connectivity index (χ3v) is 4.67. The van der Waals surface area contributed by atoms with Gasteiger partial charge in [-0.25, -0.2) is 9.97 Å². The summed E-state index contributed by atoms with van der Waals surface area (Å²) in [6, 6.07) is 15.0. The molecule has 1 saturated heterocycles. The van der Waals surface area contributed by atoms with Crippen LogP contribution in [0.5, 0.6) is 5.75 Å². The van der Waals surface area contributed by atoms with Crippen molar-refractivity contribution >= 4 is 11.8 Å². The van der Waals surface area contributed by atoms with E-state index in [1.807, 2.05) is 42.5 Å². The highest BCUT2D eigenvalue weighted by Crippen LogP contribution is 2.22. The molecule has 0 aliphatic carbocycles. The van der Waals surface area contributed by atoms with Gasteiger partial charge in [0.05, 0.1) is 12.8 Å². The highest BCUT2D eigenvalue weighted by atomic mass is 16.5. The molecular weight excluding hydrogens is 342 g/mol. The van der Waals surface area contributed by atoms with E-state index in [4.69, 9.17) is 4.74 Å². The molecule has 3 aromatic rings. The second kappa shape index (κ2) is 7.49. The van der Waals surface area contributed by atoms with Gasteiger partial charge in [0.2, 0.25) is 5.95 Å². The summed E-state index contributed by atoms with van der Waals surface area (Å²) < 4.78 is 5.19. The van der Waals surface area contributed by atoms with Gasteiger partial charge < -0.3 is 14.5 Å². The molecule has 0 unspecified atom stereocenters. The monoisotopic (exact) mass is 363 g/mol. The molecule has 0 bridgehead atoms. The van der Waals surface area contributed by atoms with E-state index in [0.29, 0.717) is 11.6 Å². The number of hydrogen-bond acceptors (Lipinski definition) is 6. The van der Waals surface area contributed by atoms with Crippen LogP contribution >= 0.6 is 0 Å². The Labute approximate surface area is 157 Å². The largest absolute Gasteiger partial charge is 0.497 e. The second-order valence-electron chi connectivity index (χ2n) is 6.34. The minimum Gasteiger partial charge on any atom is -0.497 e. The number of benzene rings is 1. The first-order valence-electron chi connectivity index (χ1n) is 8.90. The minimum absolute atomic E-state index is 0.155. The Morgan fingerprint density at radius 2 is 1.74 bits per heavy atom. The van der Waals surface area contributed by atoms with Gasteiger partial charge in [0, 0.05) is 44.0 Å². The number of piperazine rings is 1. The zero-order valence-electron chi connectivity index (χ0n) is 15.1. The summed E-state index contributed by atoms with van der Waals surface area (Å²) in [5.41, 5.74) is 1.39. The Morgan fingerprint density at radius 3 is 2.41 bits per heavy atom. The molecule has 0 amide bonds. The van der Waals surface area contributed by atoms with E-state index in [2.05, 4.69) is 24.8 Å². The zero-order chi connectivity index (χ0) is 18.6. The van der Waals surface area contributed by atoms with Crippen LogP contribution in [0.2, 0.25) is 0 Å². The molecule has 0 radical (unpaired) electrons. The van der Waals surface area contributed by atoms with Gasteiger partial charge >= 0.3 is 0 Å². The van der Waals surface area contributed by atoms with Crippen molar-refractivity contribution in [2.24, 2.45) is 0 Å². The van der Waals surface area contributed by atoms with Crippen molar-refractivity contribution in [2.75, 3.05) is 43.1 Å². The van der Waals surface area contributed by atoms with E-state index in [1.54, 1.807) is 13.3 Å². The van der Waals surface area contributed by atoms with Gasteiger partial charge in [-0.1, -0.05) is 6.07 Å². The molecule has 1 fully saturated rings. The van der Waals surface area contributed by atoms with E-state index in [9.17, 15) is 4.79 Å². The number of anilines is 2. The Kier molecular flexibility index (Phi) is 4.74. The number of methoxy groups -OCH3 is 1. The van der Waals surface area contributed by atoms with Gasteiger partial charge in [-0.3, -0.25) is 9.78 Å². The SMILES string of the molecule is COc1ccc(-c2cc(=O)[nH]c(N3CCN(c4ccccn4)CC3)n2)cc1. The van der Waals surface area contributed by atoms with Crippen LogP contribution in [0.3, 0.4) is 0 Å². The van der Waals surface area contributed by atoms with Crippen molar-refractivity contribution in [1.29, 1.82) is 0 Å². The molecule has 0 spiro atoms. The van der Waals surface area contributed by atoms with Crippen molar-refractivity contribution in [2.45, 2.75) is 0 Å². The summed E-state index contributed by atoms with van der Waals surface area (Å²) in [6.45, 7) is 3.19. The highest BCUT2D eigenvalue weighted by Gasteiger charge is 2.20. The first-order chi connectivity index (χ1) is 13.2. The molecule has 1 N–H and O–H groups in total. The maximum atomic E-state index is 12.2. The number of aromatic nitrogens is 3. The first kappa shape index (κ1) is 17.1. The molecule has 4 rings (SSSR count). The van der Waals surface area contributed by atoms with E-state index in [1.165, 1.54) is 6.07 Å². The van der Waals surface area contributed by atoms with E-state index in [-0.39, 0.29) is 5.56 Å². The smallest absolute Gasteiger partial charge is 0.252 e. The molecule has 1 aliphatic heterocycles. The summed E-state index contributed by atoms with van der Waals surface area (Å²) in [7, 11) is 1.63. The van der Waals surface area contributed by atoms with Crippen molar-refractivity contribution < 1.29 is 4.74 Å². The van der Waals surface area contributed by atoms with Gasteiger partial charge in [0.1, 0.15) is 11.6 Å². The zero-order valence-corrected chi connectivity index (χ0v) is 15.1. The summed E-state index contributed by atoms with van der Waals surface area (Å²) in [5.74, 6) is 2.36. The Balaban J connectivity index is 1.52. The number of pyridine rings is 1. The Hall–Kier alpha value is -3.35. The van der Waals surface area contributed by atoms with Crippen LogP contribution in [0.25, 0.3) is 11.3 Å². The number of ether oxygens (including phenoxy) is 1. The third-order valence-electron chi connectivity index (χ3n) is 4.67. The fourth-order valence-corrected chi connectivity index (χ4v) is 3.19. The quantitative estimate of drug-likeness (QED) is 0.766. The number of hydrogen-bond donors (Lipinski definition) is 1. The lowest BCUT2D eigenvalue weighted by Gasteiger charge is -2.35. The second-order valence-corrected chi connectivity index (χ2v) is 6.34. The van der Waals surface area contributed by atoms with Crippen LogP contribution in [0.4, 0.5) is 11.8 Å². The average Bonchev–Trinajstić information content (AvgIpc) is 2.74. The number of nitrogens with one attached hydrogen (secondary N) is 1. The summed E-state index contributed by atoms with van der Waals surface area (Å²) in [6.07, 6.45) is 1.80. The maximum Gasteiger partial charge on any atom is 0.252 e. The minimum atomic E-state index is -0.155. The molecule has 138 valence electrons. The van der Waals surface area contributed by atoms with Crippen LogP contribution < -0.4 is 20.1 Å². The molecule has 1 aromatic carbocycles. The summed E-state index contributed by atoms with van der Waals surface area (Å²) in [5, 5.41) is 0. The van der Waals surface area contributed by atoms with Crippen molar-refractivity contribution in [3.8, 4) is 17.0 Å². The fourth-order valence-electron chi connectivity index (χ4n) is 3.19. The van der Waals surface area contributed by atoms with Gasteiger partial charge in [-0.15, -0.1) is 0 Å². The lowest BCUT2D eigenvalue weighted by Crippen LogP contribution is -2.47. The van der Waals surface area contributed by atoms with Gasteiger partial charge in [0.25, 0.3) is 5.56 Å². The fraction of sp³-hybridized carbons (Fsp3) is 0.250. The first-order valence-corrected chi connectivity index (χ1v) is 8.90. The van der Waals surface area contributed by atoms with Crippen LogP contribution in [0, 0.1) is 0 Å². The molecule has 1 aliphatic rings. The molecule has 27 heavy (non-hydrogen) atoms. The van der Waals surface area contributed by atoms with Crippen LogP contribution in [0.1, 0.15) is 0 Å². The molecule has 7 heteroatoms. The van der Waals surface area contributed by atoms with E-state index in [0.717, 1.165) is 43.3 Å². The normalized spacial score (nSPS) is 14.3. The average molecular weight is 363 g/mol. The lowest BCUT2D eigenvalue weighted by molar-refractivity contribution is 0.415. The molecule has 7 nitrogen and oxygen atoms in total. The van der Waals surface area contributed by atoms with Crippen molar-refractivity contribution in [3.05, 3.63) is 65.1 Å². The summed E-state index contributed by atoms with van der Waals surface area (Å²) >= 11 is 0. The molecular formula is C20H21N5O2. The number of aromatic amines is 1.